The van der Waals surface area contributed by atoms with E-state index in [0.29, 0.717) is 29.4 Å². The van der Waals surface area contributed by atoms with E-state index in [1.54, 1.807) is 35.2 Å². The van der Waals surface area contributed by atoms with Gasteiger partial charge in [0.1, 0.15) is 5.75 Å². The monoisotopic (exact) mass is 407 g/mol. The number of amides is 1. The number of carbonyl (C=O) groups is 1. The van der Waals surface area contributed by atoms with Crippen LogP contribution in [0.15, 0.2) is 48.5 Å². The normalized spacial score (nSPS) is 18.2. The third-order valence-electron chi connectivity index (χ3n) is 4.63. The van der Waals surface area contributed by atoms with Crippen LogP contribution in [0.25, 0.3) is 0 Å². The molecule has 1 atom stereocenters. The van der Waals surface area contributed by atoms with Gasteiger partial charge in [0, 0.05) is 17.6 Å². The Bertz CT molecular complexity index is 929. The molecule has 2 aromatic carbocycles. The van der Waals surface area contributed by atoms with Crippen molar-refractivity contribution in [3.05, 3.63) is 64.7 Å². The van der Waals surface area contributed by atoms with Crippen LogP contribution < -0.4 is 4.74 Å². The lowest BCUT2D eigenvalue weighted by molar-refractivity contribution is 0.0677. The van der Waals surface area contributed by atoms with Gasteiger partial charge in [0.05, 0.1) is 23.7 Å². The van der Waals surface area contributed by atoms with Gasteiger partial charge in [-0.25, -0.2) is 8.42 Å². The minimum atomic E-state index is -3.14. The molecule has 7 heteroatoms. The molecular weight excluding hydrogens is 386 g/mol. The summed E-state index contributed by atoms with van der Waals surface area (Å²) < 4.78 is 29.6. The summed E-state index contributed by atoms with van der Waals surface area (Å²) in [6.07, 6.45) is 0.426. The van der Waals surface area contributed by atoms with Gasteiger partial charge in [0.15, 0.2) is 9.84 Å². The highest BCUT2D eigenvalue weighted by atomic mass is 35.5. The highest BCUT2D eigenvalue weighted by Gasteiger charge is 2.36. The minimum Gasteiger partial charge on any atom is -0.493 e. The van der Waals surface area contributed by atoms with Crippen molar-refractivity contribution in [1.82, 2.24) is 4.90 Å². The van der Waals surface area contributed by atoms with Crippen LogP contribution in [0.4, 0.5) is 0 Å². The number of nitrogens with zero attached hydrogens (tertiary/aromatic N) is 1. The molecule has 5 nitrogen and oxygen atoms in total. The van der Waals surface area contributed by atoms with Gasteiger partial charge in [-0.15, -0.1) is 0 Å². The van der Waals surface area contributed by atoms with Crippen molar-refractivity contribution in [3.63, 3.8) is 0 Å². The van der Waals surface area contributed by atoms with Crippen LogP contribution in [0.2, 0.25) is 5.02 Å². The number of para-hydroxylation sites is 1. The first-order chi connectivity index (χ1) is 12.9. The average Bonchev–Trinajstić information content (AvgIpc) is 3.01. The summed E-state index contributed by atoms with van der Waals surface area (Å²) in [7, 11) is -3.14. The van der Waals surface area contributed by atoms with Gasteiger partial charge in [-0.1, -0.05) is 41.9 Å². The average molecular weight is 408 g/mol. The third kappa shape index (κ3) is 4.62. The molecule has 1 aliphatic heterocycles. The molecule has 2 aromatic rings. The molecule has 0 N–H and O–H groups in total. The van der Waals surface area contributed by atoms with E-state index in [0.717, 1.165) is 5.56 Å². The number of rotatable bonds is 6. The molecule has 1 fully saturated rings. The Morgan fingerprint density at radius 3 is 2.56 bits per heavy atom. The first-order valence-electron chi connectivity index (χ1n) is 8.88. The highest BCUT2D eigenvalue weighted by molar-refractivity contribution is 7.91. The van der Waals surface area contributed by atoms with Gasteiger partial charge >= 0.3 is 0 Å². The molecule has 0 aliphatic carbocycles. The standard InChI is InChI=1S/C20H22ClNO4S/c1-2-26-19-10-6-4-8-17(19)20(23)22(16-11-12-27(24,25)14-16)13-15-7-3-5-9-18(15)21/h3-10,16H,2,11-14H2,1H3/t16-/m1/s1. The fourth-order valence-electron chi connectivity index (χ4n) is 3.28. The maximum atomic E-state index is 13.4. The van der Waals surface area contributed by atoms with Crippen molar-refractivity contribution in [2.24, 2.45) is 0 Å². The number of carbonyl (C=O) groups excluding carboxylic acids is 1. The predicted molar refractivity (Wildman–Crippen MR) is 106 cm³/mol. The van der Waals surface area contributed by atoms with Gasteiger partial charge in [0.25, 0.3) is 5.91 Å². The molecule has 0 aromatic heterocycles. The molecule has 1 saturated heterocycles. The Labute approximate surface area is 164 Å². The first-order valence-corrected chi connectivity index (χ1v) is 11.1. The number of halogens is 1. The molecule has 0 unspecified atom stereocenters. The molecule has 144 valence electrons. The minimum absolute atomic E-state index is 0.0278. The van der Waals surface area contributed by atoms with Crippen molar-refractivity contribution in [2.75, 3.05) is 18.1 Å². The van der Waals surface area contributed by atoms with Crippen molar-refractivity contribution in [2.45, 2.75) is 25.9 Å². The number of benzene rings is 2. The van der Waals surface area contributed by atoms with Crippen LogP contribution in [-0.4, -0.2) is 43.4 Å². The Hall–Kier alpha value is -2.05. The van der Waals surface area contributed by atoms with Crippen LogP contribution in [0.3, 0.4) is 0 Å². The molecule has 1 amide bonds. The second kappa shape index (κ2) is 8.31. The molecule has 3 rings (SSSR count). The number of hydrogen-bond acceptors (Lipinski definition) is 4. The van der Waals surface area contributed by atoms with Crippen molar-refractivity contribution >= 4 is 27.3 Å². The summed E-state index contributed by atoms with van der Waals surface area (Å²) in [5, 5.41) is 0.550. The summed E-state index contributed by atoms with van der Waals surface area (Å²) in [6.45, 7) is 2.54. The Kier molecular flexibility index (Phi) is 6.07. The largest absolute Gasteiger partial charge is 0.493 e. The zero-order valence-corrected chi connectivity index (χ0v) is 16.7. The Morgan fingerprint density at radius 2 is 1.89 bits per heavy atom. The number of sulfone groups is 1. The molecule has 0 saturated carbocycles. The van der Waals surface area contributed by atoms with E-state index < -0.39 is 9.84 Å². The molecule has 0 spiro atoms. The fourth-order valence-corrected chi connectivity index (χ4v) is 5.20. The van der Waals surface area contributed by atoms with E-state index in [4.69, 9.17) is 16.3 Å². The smallest absolute Gasteiger partial charge is 0.258 e. The Morgan fingerprint density at radius 1 is 1.19 bits per heavy atom. The van der Waals surface area contributed by atoms with Crippen molar-refractivity contribution in [1.29, 1.82) is 0 Å². The lowest BCUT2D eigenvalue weighted by atomic mass is 10.1. The SMILES string of the molecule is CCOc1ccccc1C(=O)N(Cc1ccccc1Cl)[C@@H]1CCS(=O)(=O)C1. The van der Waals surface area contributed by atoms with Crippen LogP contribution in [0.5, 0.6) is 5.75 Å². The predicted octanol–water partition coefficient (Wildman–Crippen LogP) is 3.57. The molecule has 1 aliphatic rings. The quantitative estimate of drug-likeness (QED) is 0.734. The fraction of sp³-hybridized carbons (Fsp3) is 0.350. The van der Waals surface area contributed by atoms with Gasteiger partial charge in [-0.3, -0.25) is 4.79 Å². The van der Waals surface area contributed by atoms with E-state index in [2.05, 4.69) is 0 Å². The molecule has 27 heavy (non-hydrogen) atoms. The van der Waals surface area contributed by atoms with Crippen LogP contribution in [0, 0.1) is 0 Å². The second-order valence-electron chi connectivity index (χ2n) is 6.51. The van der Waals surface area contributed by atoms with E-state index in [1.807, 2.05) is 25.1 Å². The van der Waals surface area contributed by atoms with Crippen molar-refractivity contribution in [3.8, 4) is 5.75 Å². The topological polar surface area (TPSA) is 63.7 Å². The van der Waals surface area contributed by atoms with Gasteiger partial charge in [-0.05, 0) is 37.1 Å². The molecular formula is C20H22ClNO4S. The summed E-state index contributed by atoms with van der Waals surface area (Å²) in [4.78, 5) is 15.0. The van der Waals surface area contributed by atoms with Crippen LogP contribution >= 0.6 is 11.6 Å². The third-order valence-corrected chi connectivity index (χ3v) is 6.74. The van der Waals surface area contributed by atoms with E-state index >= 15 is 0 Å². The molecule has 0 radical (unpaired) electrons. The number of ether oxygens (including phenoxy) is 1. The summed E-state index contributed by atoms with van der Waals surface area (Å²) in [5.74, 6) is 0.313. The summed E-state index contributed by atoms with van der Waals surface area (Å²) >= 11 is 6.28. The van der Waals surface area contributed by atoms with Gasteiger partial charge < -0.3 is 9.64 Å². The lowest BCUT2D eigenvalue weighted by Crippen LogP contribution is -2.40. The number of hydrogen-bond donors (Lipinski definition) is 0. The lowest BCUT2D eigenvalue weighted by Gasteiger charge is -2.29. The zero-order valence-electron chi connectivity index (χ0n) is 15.1. The summed E-state index contributed by atoms with van der Waals surface area (Å²) in [5.41, 5.74) is 1.21. The summed E-state index contributed by atoms with van der Waals surface area (Å²) in [6, 6.07) is 13.9. The maximum absolute atomic E-state index is 13.4. The maximum Gasteiger partial charge on any atom is 0.258 e. The van der Waals surface area contributed by atoms with Crippen LogP contribution in [-0.2, 0) is 16.4 Å². The van der Waals surface area contributed by atoms with Crippen LogP contribution in [0.1, 0.15) is 29.3 Å². The van der Waals surface area contributed by atoms with Gasteiger partial charge in [-0.2, -0.15) is 0 Å². The second-order valence-corrected chi connectivity index (χ2v) is 9.15. The van der Waals surface area contributed by atoms with Crippen molar-refractivity contribution < 1.29 is 17.9 Å². The van der Waals surface area contributed by atoms with E-state index in [1.165, 1.54) is 0 Å². The van der Waals surface area contributed by atoms with Gasteiger partial charge in [0.2, 0.25) is 0 Å². The molecule has 1 heterocycles. The van der Waals surface area contributed by atoms with E-state index in [9.17, 15) is 13.2 Å². The first kappa shape index (κ1) is 19.7. The zero-order chi connectivity index (χ0) is 19.4. The van der Waals surface area contributed by atoms with E-state index in [-0.39, 0.29) is 30.0 Å². The highest BCUT2D eigenvalue weighted by Crippen LogP contribution is 2.27. The Balaban J connectivity index is 1.97. The molecule has 0 bridgehead atoms.